The number of hydrogen-bond acceptors (Lipinski definition) is 5. The van der Waals surface area contributed by atoms with Crippen molar-refractivity contribution >= 4 is 34.5 Å². The third-order valence-electron chi connectivity index (χ3n) is 5.03. The van der Waals surface area contributed by atoms with Crippen molar-refractivity contribution in [3.05, 3.63) is 76.3 Å². The molecule has 0 fully saturated rings. The number of imidazole rings is 1. The number of aliphatic hydroxyl groups excluding tert-OH is 1. The average molecular weight is 439 g/mol. The molecule has 0 aliphatic carbocycles. The summed E-state index contributed by atoms with van der Waals surface area (Å²) in [7, 11) is 0. The highest BCUT2D eigenvalue weighted by Crippen LogP contribution is 2.32. The zero-order valence-corrected chi connectivity index (χ0v) is 17.6. The van der Waals surface area contributed by atoms with Crippen molar-refractivity contribution in [2.75, 3.05) is 11.1 Å². The molecule has 0 bridgehead atoms. The fourth-order valence-corrected chi connectivity index (χ4v) is 3.71. The van der Waals surface area contributed by atoms with Gasteiger partial charge in [0.2, 0.25) is 0 Å². The molecule has 1 unspecified atom stereocenters. The number of nitrogens with one attached hydrogen (secondary N) is 1. The fraction of sp³-hybridized carbons (Fsp3) is 0.174. The summed E-state index contributed by atoms with van der Waals surface area (Å²) in [4.78, 5) is 21.1. The van der Waals surface area contributed by atoms with Gasteiger partial charge in [0.1, 0.15) is 22.9 Å². The summed E-state index contributed by atoms with van der Waals surface area (Å²) >= 11 is 5.94. The molecular weight excluding hydrogens is 414 g/mol. The topological polar surface area (TPSA) is 106 Å². The lowest BCUT2D eigenvalue weighted by Gasteiger charge is -2.13. The lowest BCUT2D eigenvalue weighted by molar-refractivity contribution is -0.124. The molecule has 158 valence electrons. The average Bonchev–Trinajstić information content (AvgIpc) is 3.18. The molecule has 4 rings (SSSR count). The summed E-state index contributed by atoms with van der Waals surface area (Å²) in [5.41, 5.74) is 9.67. The first-order valence-corrected chi connectivity index (χ1v) is 9.84. The molecule has 4 N–H and O–H groups in total. The van der Waals surface area contributed by atoms with Gasteiger partial charge in [0.25, 0.3) is 5.91 Å². The van der Waals surface area contributed by atoms with Gasteiger partial charge in [-0.3, -0.25) is 9.20 Å². The summed E-state index contributed by atoms with van der Waals surface area (Å²) in [6.07, 6.45) is 0.103. The van der Waals surface area contributed by atoms with E-state index < -0.39 is 18.9 Å². The molecule has 8 heteroatoms. The number of nitrogens with two attached hydrogens (primary N) is 1. The SMILES string of the molecule is [2H]C([2H])([2H])c1nc(-c2ccc(NC(=O)C(O)c3cccc(Cl)c3)cc2C)c2c(N)ncc(C)n12. The third kappa shape index (κ3) is 3.85. The zero-order chi connectivity index (χ0) is 24.8. The molecule has 4 aromatic rings. The van der Waals surface area contributed by atoms with E-state index in [2.05, 4.69) is 15.3 Å². The van der Waals surface area contributed by atoms with E-state index in [1.165, 1.54) is 16.7 Å². The number of hydrogen-bond donors (Lipinski definition) is 3. The first-order chi connectivity index (χ1) is 16.0. The van der Waals surface area contributed by atoms with Gasteiger partial charge in [-0.15, -0.1) is 0 Å². The number of nitrogen functional groups attached to an aromatic ring is 1. The van der Waals surface area contributed by atoms with Gasteiger partial charge in [0.05, 0.1) is 0 Å². The third-order valence-corrected chi connectivity index (χ3v) is 5.26. The minimum absolute atomic E-state index is 0.106. The van der Waals surface area contributed by atoms with E-state index in [-0.39, 0.29) is 11.6 Å². The van der Waals surface area contributed by atoms with Gasteiger partial charge >= 0.3 is 0 Å². The molecule has 2 heterocycles. The van der Waals surface area contributed by atoms with Crippen LogP contribution in [0.5, 0.6) is 0 Å². The van der Waals surface area contributed by atoms with Crippen molar-refractivity contribution in [3.63, 3.8) is 0 Å². The van der Waals surface area contributed by atoms with Crippen LogP contribution in [0.1, 0.15) is 32.9 Å². The first kappa shape index (κ1) is 17.3. The Morgan fingerprint density at radius 2 is 2.10 bits per heavy atom. The van der Waals surface area contributed by atoms with Gasteiger partial charge in [0, 0.05) is 32.3 Å². The van der Waals surface area contributed by atoms with Gasteiger partial charge in [-0.05, 0) is 56.1 Å². The Balaban J connectivity index is 1.71. The Bertz CT molecular complexity index is 1420. The maximum atomic E-state index is 12.6. The number of aliphatic hydroxyl groups is 1. The predicted octanol–water partition coefficient (Wildman–Crippen LogP) is 4.23. The quantitative estimate of drug-likeness (QED) is 0.442. The van der Waals surface area contributed by atoms with E-state index in [0.717, 1.165) is 0 Å². The summed E-state index contributed by atoms with van der Waals surface area (Å²) in [5, 5.41) is 13.5. The van der Waals surface area contributed by atoms with Crippen molar-refractivity contribution in [3.8, 4) is 11.3 Å². The normalized spacial score (nSPS) is 14.0. The van der Waals surface area contributed by atoms with Crippen LogP contribution in [-0.2, 0) is 4.79 Å². The van der Waals surface area contributed by atoms with Gasteiger partial charge in [-0.1, -0.05) is 29.8 Å². The molecule has 0 saturated carbocycles. The van der Waals surface area contributed by atoms with E-state index >= 15 is 0 Å². The molecular formula is C23H22ClN5O2. The van der Waals surface area contributed by atoms with Gasteiger partial charge in [-0.25, -0.2) is 9.97 Å². The highest BCUT2D eigenvalue weighted by molar-refractivity contribution is 6.30. The van der Waals surface area contributed by atoms with Crippen LogP contribution in [0.15, 0.2) is 48.7 Å². The summed E-state index contributed by atoms with van der Waals surface area (Å²) in [5.74, 6) is -0.564. The number of fused-ring (bicyclic) bond motifs is 1. The number of benzene rings is 2. The van der Waals surface area contributed by atoms with Crippen LogP contribution >= 0.6 is 11.6 Å². The second kappa shape index (κ2) is 8.02. The number of carbonyl (C=O) groups excluding carboxylic acids is 1. The maximum absolute atomic E-state index is 12.6. The molecule has 0 spiro atoms. The van der Waals surface area contributed by atoms with E-state index in [4.69, 9.17) is 21.4 Å². The Morgan fingerprint density at radius 3 is 2.81 bits per heavy atom. The van der Waals surface area contributed by atoms with Crippen molar-refractivity contribution in [1.82, 2.24) is 14.4 Å². The minimum atomic E-state index is -2.46. The van der Waals surface area contributed by atoms with E-state index in [9.17, 15) is 9.90 Å². The molecule has 2 aromatic heterocycles. The van der Waals surface area contributed by atoms with Gasteiger partial charge < -0.3 is 16.2 Å². The number of nitrogens with zero attached hydrogens (tertiary/aromatic N) is 3. The number of aromatic nitrogens is 3. The van der Waals surface area contributed by atoms with Crippen LogP contribution in [0.2, 0.25) is 5.02 Å². The van der Waals surface area contributed by atoms with E-state index in [1.54, 1.807) is 50.2 Å². The number of aryl methyl sites for hydroxylation is 3. The second-order valence-corrected chi connectivity index (χ2v) is 7.67. The second-order valence-electron chi connectivity index (χ2n) is 7.23. The molecule has 0 saturated heterocycles. The van der Waals surface area contributed by atoms with Crippen molar-refractivity contribution in [2.24, 2.45) is 0 Å². The van der Waals surface area contributed by atoms with Crippen LogP contribution in [0.3, 0.4) is 0 Å². The van der Waals surface area contributed by atoms with Crippen LogP contribution < -0.4 is 11.1 Å². The van der Waals surface area contributed by atoms with Crippen molar-refractivity contribution in [2.45, 2.75) is 26.8 Å². The van der Waals surface area contributed by atoms with Gasteiger partial charge in [-0.2, -0.15) is 0 Å². The summed E-state index contributed by atoms with van der Waals surface area (Å²) < 4.78 is 25.2. The Kier molecular flexibility index (Phi) is 4.47. The summed E-state index contributed by atoms with van der Waals surface area (Å²) in [6, 6.07) is 11.5. The molecule has 7 nitrogen and oxygen atoms in total. The molecule has 31 heavy (non-hydrogen) atoms. The molecule has 0 aliphatic heterocycles. The largest absolute Gasteiger partial charge is 0.382 e. The molecule has 0 radical (unpaired) electrons. The number of carbonyl (C=O) groups is 1. The van der Waals surface area contributed by atoms with Crippen LogP contribution in [0.4, 0.5) is 11.5 Å². The monoisotopic (exact) mass is 438 g/mol. The Hall–Kier alpha value is -3.42. The van der Waals surface area contributed by atoms with Gasteiger partial charge in [0.15, 0.2) is 6.10 Å². The molecule has 1 atom stereocenters. The minimum Gasteiger partial charge on any atom is -0.382 e. The number of halogens is 1. The standard InChI is InChI=1S/C23H22ClN5O2/c1-12-9-17(28-23(31)21(30)15-5-4-6-16(24)10-15)7-8-18(12)19-20-22(25)26-11-13(2)29(20)14(3)27-19/h4-11,21,30H,1-3H3,(H2,25,26)(H,28,31)/i3D3. The predicted molar refractivity (Wildman–Crippen MR) is 122 cm³/mol. The van der Waals surface area contributed by atoms with E-state index in [0.29, 0.717) is 44.3 Å². The maximum Gasteiger partial charge on any atom is 0.257 e. The Labute approximate surface area is 188 Å². The zero-order valence-electron chi connectivity index (χ0n) is 19.8. The summed E-state index contributed by atoms with van der Waals surface area (Å²) in [6.45, 7) is 1.08. The smallest absolute Gasteiger partial charge is 0.257 e. The first-order valence-electron chi connectivity index (χ1n) is 11.0. The highest BCUT2D eigenvalue weighted by atomic mass is 35.5. The number of anilines is 2. The lowest BCUT2D eigenvalue weighted by Crippen LogP contribution is -2.20. The molecule has 2 aromatic carbocycles. The van der Waals surface area contributed by atoms with Crippen LogP contribution in [0.25, 0.3) is 16.8 Å². The van der Waals surface area contributed by atoms with Crippen LogP contribution in [-0.4, -0.2) is 25.4 Å². The van der Waals surface area contributed by atoms with Crippen molar-refractivity contribution < 1.29 is 14.0 Å². The number of rotatable bonds is 4. The molecule has 1 amide bonds. The van der Waals surface area contributed by atoms with Crippen molar-refractivity contribution in [1.29, 1.82) is 0 Å². The number of amides is 1. The Morgan fingerprint density at radius 1 is 1.29 bits per heavy atom. The molecule has 0 aliphatic rings. The van der Waals surface area contributed by atoms with Crippen LogP contribution in [0, 0.1) is 20.7 Å². The lowest BCUT2D eigenvalue weighted by atomic mass is 10.0. The highest BCUT2D eigenvalue weighted by Gasteiger charge is 2.20. The van der Waals surface area contributed by atoms with E-state index in [1.807, 2.05) is 0 Å². The fourth-order valence-electron chi connectivity index (χ4n) is 3.52.